The molecule has 1 aliphatic heterocycles. The van der Waals surface area contributed by atoms with Crippen molar-refractivity contribution >= 4 is 29.6 Å². The minimum absolute atomic E-state index is 0.00383. The van der Waals surface area contributed by atoms with Gasteiger partial charge in [0, 0.05) is 33.7 Å². The fourth-order valence-electron chi connectivity index (χ4n) is 7.81. The molecule has 1 heterocycles. The molecule has 0 unspecified atom stereocenters. The Hall–Kier alpha value is -3.55. The number of aliphatic carboxylic acids is 1. The van der Waals surface area contributed by atoms with Crippen LogP contribution in [0.5, 0.6) is 0 Å². The number of rotatable bonds is 22. The number of carbonyl (C=O) groups excluding carboxylic acids is 4. The van der Waals surface area contributed by atoms with Gasteiger partial charge in [0.15, 0.2) is 6.04 Å². The van der Waals surface area contributed by atoms with Crippen molar-refractivity contribution in [3.8, 4) is 0 Å². The lowest BCUT2D eigenvalue weighted by atomic mass is 9.87. The van der Waals surface area contributed by atoms with Gasteiger partial charge in [-0.1, -0.05) is 85.2 Å². The second-order valence-electron chi connectivity index (χ2n) is 15.7. The van der Waals surface area contributed by atoms with Crippen LogP contribution in [-0.4, -0.2) is 122 Å². The topological polar surface area (TPSA) is 171 Å². The number of carboxylic acids is 1. The van der Waals surface area contributed by atoms with E-state index in [2.05, 4.69) is 10.6 Å². The van der Waals surface area contributed by atoms with Crippen molar-refractivity contribution in [2.24, 2.45) is 23.7 Å². The first-order valence-electron chi connectivity index (χ1n) is 19.8. The number of amides is 4. The Balaban J connectivity index is 2.28. The van der Waals surface area contributed by atoms with E-state index in [4.69, 9.17) is 9.47 Å². The van der Waals surface area contributed by atoms with E-state index in [1.54, 1.807) is 30.9 Å². The summed E-state index contributed by atoms with van der Waals surface area (Å²) in [4.78, 5) is 70.8. The zero-order valence-electron chi connectivity index (χ0n) is 34.7. The maximum absolute atomic E-state index is 14.3. The van der Waals surface area contributed by atoms with Gasteiger partial charge in [0.25, 0.3) is 5.91 Å². The van der Waals surface area contributed by atoms with E-state index in [-0.39, 0.29) is 54.4 Å². The third kappa shape index (κ3) is 12.8. The van der Waals surface area contributed by atoms with Gasteiger partial charge in [-0.15, -0.1) is 0 Å². The fraction of sp³-hybridized carbons (Fsp3) is 0.732. The molecular weight excluding hydrogens is 690 g/mol. The highest BCUT2D eigenvalue weighted by Crippen LogP contribution is 2.29. The summed E-state index contributed by atoms with van der Waals surface area (Å²) in [5, 5.41) is 17.5. The number of nitrogens with one attached hydrogen (secondary N) is 2. The smallest absolute Gasteiger partial charge is 0.326 e. The number of hydrogen-bond donors (Lipinski definition) is 4. The first-order valence-corrected chi connectivity index (χ1v) is 19.8. The van der Waals surface area contributed by atoms with Crippen molar-refractivity contribution < 1.29 is 43.9 Å². The Labute approximate surface area is 323 Å². The molecule has 0 spiro atoms. The Kier molecular flexibility index (Phi) is 19.6. The second kappa shape index (κ2) is 22.7. The van der Waals surface area contributed by atoms with Crippen molar-refractivity contribution in [1.29, 1.82) is 0 Å². The Morgan fingerprint density at radius 1 is 0.944 bits per heavy atom. The van der Waals surface area contributed by atoms with E-state index < -0.39 is 54.2 Å². The number of piperidine rings is 1. The molecule has 5 N–H and O–H groups in total. The Bertz CT molecular complexity index is 1340. The maximum Gasteiger partial charge on any atom is 0.326 e. The van der Waals surface area contributed by atoms with Crippen LogP contribution in [0.1, 0.15) is 92.6 Å². The van der Waals surface area contributed by atoms with Crippen LogP contribution in [-0.2, 0) is 39.9 Å². The van der Waals surface area contributed by atoms with E-state index in [9.17, 15) is 29.1 Å². The highest BCUT2D eigenvalue weighted by atomic mass is 16.5. The molecule has 1 aromatic carbocycles. The number of carboxylic acid groups (broad SMARTS) is 1. The van der Waals surface area contributed by atoms with E-state index in [1.807, 2.05) is 84.2 Å². The summed E-state index contributed by atoms with van der Waals surface area (Å²) in [6.45, 7) is 14.0. The number of likely N-dealkylation sites (N-methyl/N-ethyl adjacent to an activating group) is 2. The van der Waals surface area contributed by atoms with Gasteiger partial charge in [0.1, 0.15) is 12.1 Å². The number of ether oxygens (including phenoxy) is 2. The van der Waals surface area contributed by atoms with Gasteiger partial charge < -0.3 is 40.3 Å². The number of methoxy groups -OCH3 is 2. The predicted molar refractivity (Wildman–Crippen MR) is 208 cm³/mol. The van der Waals surface area contributed by atoms with E-state index in [0.29, 0.717) is 19.4 Å². The van der Waals surface area contributed by atoms with Gasteiger partial charge in [0.05, 0.1) is 43.7 Å². The second-order valence-corrected chi connectivity index (χ2v) is 15.7. The summed E-state index contributed by atoms with van der Waals surface area (Å²) in [5.41, 5.74) is 0.981. The zero-order chi connectivity index (χ0) is 40.7. The number of likely N-dealkylation sites (tertiary alicyclic amines) is 1. The van der Waals surface area contributed by atoms with Crippen LogP contribution in [0.25, 0.3) is 0 Å². The van der Waals surface area contributed by atoms with E-state index in [1.165, 1.54) is 7.11 Å². The van der Waals surface area contributed by atoms with Gasteiger partial charge in [-0.2, -0.15) is 0 Å². The molecule has 2 rings (SSSR count). The minimum Gasteiger partial charge on any atom is -0.480 e. The molecule has 1 aliphatic rings. The van der Waals surface area contributed by atoms with Crippen LogP contribution in [0.15, 0.2) is 30.3 Å². The van der Waals surface area contributed by atoms with Crippen LogP contribution in [0, 0.1) is 23.7 Å². The minimum atomic E-state index is -1.11. The van der Waals surface area contributed by atoms with Crippen LogP contribution in [0.2, 0.25) is 0 Å². The third-order valence-electron chi connectivity index (χ3n) is 11.3. The molecule has 0 aliphatic carbocycles. The van der Waals surface area contributed by atoms with Gasteiger partial charge in [0.2, 0.25) is 17.7 Å². The molecule has 13 heteroatoms. The summed E-state index contributed by atoms with van der Waals surface area (Å²) < 4.78 is 11.9. The molecule has 13 nitrogen and oxygen atoms in total. The lowest BCUT2D eigenvalue weighted by Gasteiger charge is -2.43. The average molecular weight is 761 g/mol. The van der Waals surface area contributed by atoms with Gasteiger partial charge in [-0.05, 0) is 49.5 Å². The van der Waals surface area contributed by atoms with Crippen molar-refractivity contribution in [2.45, 2.75) is 136 Å². The normalized spacial score (nSPS) is 19.2. The zero-order valence-corrected chi connectivity index (χ0v) is 34.7. The Morgan fingerprint density at radius 2 is 1.59 bits per heavy atom. The van der Waals surface area contributed by atoms with Crippen LogP contribution >= 0.6 is 0 Å². The maximum atomic E-state index is 14.3. The van der Waals surface area contributed by atoms with Crippen molar-refractivity contribution in [3.63, 3.8) is 0 Å². The molecule has 0 bridgehead atoms. The highest BCUT2D eigenvalue weighted by Gasteiger charge is 2.42. The molecule has 1 aromatic rings. The highest BCUT2D eigenvalue weighted by molar-refractivity contribution is 5.90. The largest absolute Gasteiger partial charge is 0.480 e. The number of hydrogen-bond acceptors (Lipinski definition) is 7. The summed E-state index contributed by atoms with van der Waals surface area (Å²) in [7, 11) is 6.63. The third-order valence-corrected chi connectivity index (χ3v) is 11.3. The summed E-state index contributed by atoms with van der Waals surface area (Å²) in [6, 6.07) is 6.46. The van der Waals surface area contributed by atoms with Crippen molar-refractivity contribution in [1.82, 2.24) is 20.4 Å². The number of nitrogens with zero attached hydrogens (tertiary/aromatic N) is 2. The molecule has 54 heavy (non-hydrogen) atoms. The molecule has 9 atom stereocenters. The monoisotopic (exact) mass is 761 g/mol. The van der Waals surface area contributed by atoms with Crippen molar-refractivity contribution in [2.75, 3.05) is 34.9 Å². The van der Waals surface area contributed by atoms with E-state index in [0.717, 1.165) is 24.8 Å². The quantitative estimate of drug-likeness (QED) is 0.140. The average Bonchev–Trinajstić information content (AvgIpc) is 3.15. The number of quaternary nitrogens is 1. The first kappa shape index (κ1) is 46.6. The van der Waals surface area contributed by atoms with Gasteiger partial charge >= 0.3 is 5.97 Å². The summed E-state index contributed by atoms with van der Waals surface area (Å²) >= 11 is 0. The molecule has 0 aromatic heterocycles. The molecule has 1 saturated heterocycles. The lowest BCUT2D eigenvalue weighted by Crippen LogP contribution is -2.90. The number of aryl methyl sites for hydroxylation is 1. The standard InChI is InChI=1S/C41H69N5O8/c1-12-27(6)36(45(9)40(50)35(26(4)5)44-39(49)34(42-8)25(2)3)32(53-10)24-33(47)46-23-17-16-20-31(46)37(54-11)28(7)38(48)43-30(41(51)52)22-21-29-18-14-13-15-19-29/h13-15,18-19,25-28,30-32,34-37,42H,12,16-17,20-24H2,1-11H3,(H,43,48)(H,44,49)(H,51,52)/p+1/t27-,28+,30-,31-,32+,34-,35-,36-,37+/m0/s1. The summed E-state index contributed by atoms with van der Waals surface area (Å²) in [5.74, 6) is -3.05. The molecule has 1 fully saturated rings. The number of nitrogens with two attached hydrogens (primary N) is 1. The van der Waals surface area contributed by atoms with Crippen molar-refractivity contribution in [3.05, 3.63) is 35.9 Å². The number of benzene rings is 1. The predicted octanol–water partition coefficient (Wildman–Crippen LogP) is 2.86. The lowest BCUT2D eigenvalue weighted by molar-refractivity contribution is -0.656. The van der Waals surface area contributed by atoms with Gasteiger partial charge in [-0.25, -0.2) is 4.79 Å². The Morgan fingerprint density at radius 3 is 2.11 bits per heavy atom. The van der Waals surface area contributed by atoms with Crippen LogP contribution in [0.3, 0.4) is 0 Å². The molecule has 0 radical (unpaired) electrons. The van der Waals surface area contributed by atoms with Crippen LogP contribution in [0.4, 0.5) is 0 Å². The SMILES string of the molecule is CC[C@H](C)[C@@H]([C@@H](CC(=O)N1CCCC[C@H]1[C@H](OC)[C@@H](C)C(=O)N[C@@H](CCc1ccccc1)C(=O)O)OC)N(C)C(=O)[C@@H](NC(=O)[C@@H]([NH2+]C)C(C)C)C(C)C. The van der Waals surface area contributed by atoms with E-state index >= 15 is 0 Å². The molecule has 0 saturated carbocycles. The first-order chi connectivity index (χ1) is 25.5. The molecule has 4 amide bonds. The molecule has 306 valence electrons. The van der Waals surface area contributed by atoms with Crippen LogP contribution < -0.4 is 16.0 Å². The summed E-state index contributed by atoms with van der Waals surface area (Å²) in [6.07, 6.45) is 2.36. The van der Waals surface area contributed by atoms with Gasteiger partial charge in [-0.3, -0.25) is 19.2 Å². The molecular formula is C41H70N5O8+. The number of carbonyl (C=O) groups is 5. The fourth-order valence-corrected chi connectivity index (χ4v) is 7.81.